The molecular weight excluding hydrogens is 312 g/mol. The molecule has 1 N–H and O–H groups in total. The number of ether oxygens (including phenoxy) is 5. The van der Waals surface area contributed by atoms with Crippen molar-refractivity contribution in [2.24, 2.45) is 0 Å². The van der Waals surface area contributed by atoms with Crippen LogP contribution in [0.2, 0.25) is 0 Å². The van der Waals surface area contributed by atoms with Crippen molar-refractivity contribution < 1.29 is 28.8 Å². The third-order valence-corrected chi connectivity index (χ3v) is 3.06. The molecule has 0 amide bonds. The first-order valence-electron chi connectivity index (χ1n) is 8.68. The largest absolute Gasteiger partial charge is 0.391 e. The van der Waals surface area contributed by atoms with Gasteiger partial charge < -0.3 is 28.8 Å². The quantitative estimate of drug-likeness (QED) is 0.341. The van der Waals surface area contributed by atoms with E-state index >= 15 is 0 Å². The first-order valence-corrected chi connectivity index (χ1v) is 8.68. The molecule has 0 saturated carbocycles. The van der Waals surface area contributed by atoms with Crippen molar-refractivity contribution in [2.75, 3.05) is 39.6 Å². The molecule has 0 rings (SSSR count). The summed E-state index contributed by atoms with van der Waals surface area (Å²) in [5.74, 6) is 0. The molecular formula is C18H36O6. The molecule has 0 aliphatic heterocycles. The summed E-state index contributed by atoms with van der Waals surface area (Å²) in [5, 5.41) is 9.16. The summed E-state index contributed by atoms with van der Waals surface area (Å²) in [7, 11) is 0. The average Bonchev–Trinajstić information content (AvgIpc) is 2.54. The second kappa shape index (κ2) is 14.8. The van der Waals surface area contributed by atoms with E-state index in [2.05, 4.69) is 6.58 Å². The van der Waals surface area contributed by atoms with Crippen LogP contribution in [-0.2, 0) is 23.7 Å². The molecule has 0 bridgehead atoms. The average molecular weight is 348 g/mol. The van der Waals surface area contributed by atoms with E-state index in [9.17, 15) is 0 Å². The van der Waals surface area contributed by atoms with Gasteiger partial charge in [-0.2, -0.15) is 0 Å². The summed E-state index contributed by atoms with van der Waals surface area (Å²) in [6, 6.07) is 0. The van der Waals surface area contributed by atoms with Crippen LogP contribution < -0.4 is 0 Å². The molecule has 0 aliphatic carbocycles. The summed E-state index contributed by atoms with van der Waals surface area (Å²) in [6.45, 7) is 16.0. The number of rotatable bonds is 16. The van der Waals surface area contributed by atoms with Crippen molar-refractivity contribution in [3.63, 3.8) is 0 Å². The Labute approximate surface area is 147 Å². The van der Waals surface area contributed by atoms with Gasteiger partial charge in [0.25, 0.3) is 0 Å². The summed E-state index contributed by atoms with van der Waals surface area (Å²) >= 11 is 0. The highest BCUT2D eigenvalue weighted by atomic mass is 16.6. The smallest absolute Gasteiger partial charge is 0.0781 e. The fourth-order valence-electron chi connectivity index (χ4n) is 1.71. The van der Waals surface area contributed by atoms with E-state index in [1.165, 1.54) is 0 Å². The van der Waals surface area contributed by atoms with Crippen molar-refractivity contribution in [3.8, 4) is 0 Å². The molecule has 0 saturated heterocycles. The minimum absolute atomic E-state index is 0.0122. The van der Waals surface area contributed by atoms with Gasteiger partial charge in [0.15, 0.2) is 0 Å². The SMILES string of the molecule is C=CCOCC(C)OCC(C)OCC(C)OCC(C)OCC(C)O. The Balaban J connectivity index is 3.66. The predicted molar refractivity (Wildman–Crippen MR) is 94.4 cm³/mol. The van der Waals surface area contributed by atoms with Crippen LogP contribution in [0.3, 0.4) is 0 Å². The lowest BCUT2D eigenvalue weighted by Crippen LogP contribution is -2.29. The number of hydrogen-bond acceptors (Lipinski definition) is 6. The molecule has 0 spiro atoms. The molecule has 24 heavy (non-hydrogen) atoms. The number of aliphatic hydroxyl groups is 1. The van der Waals surface area contributed by atoms with E-state index in [0.29, 0.717) is 39.6 Å². The van der Waals surface area contributed by atoms with Gasteiger partial charge in [0.1, 0.15) is 0 Å². The Hall–Kier alpha value is -0.500. The summed E-state index contributed by atoms with van der Waals surface area (Å²) in [4.78, 5) is 0. The van der Waals surface area contributed by atoms with E-state index < -0.39 is 6.10 Å². The van der Waals surface area contributed by atoms with E-state index in [1.54, 1.807) is 13.0 Å². The van der Waals surface area contributed by atoms with Crippen molar-refractivity contribution >= 4 is 0 Å². The topological polar surface area (TPSA) is 66.4 Å². The Morgan fingerprint density at radius 2 is 1.08 bits per heavy atom. The molecule has 0 aromatic carbocycles. The molecule has 5 atom stereocenters. The number of hydrogen-bond donors (Lipinski definition) is 1. The van der Waals surface area contributed by atoms with Gasteiger partial charge in [-0.15, -0.1) is 6.58 Å². The van der Waals surface area contributed by atoms with Gasteiger partial charge in [-0.05, 0) is 34.6 Å². The standard InChI is InChI=1S/C18H36O6/c1-7-8-20-10-15(3)22-12-17(5)24-13-18(6)23-11-16(4)21-9-14(2)19/h7,14-19H,1,8-13H2,2-6H3. The summed E-state index contributed by atoms with van der Waals surface area (Å²) in [5.41, 5.74) is 0. The van der Waals surface area contributed by atoms with Crippen LogP contribution in [0.4, 0.5) is 0 Å². The Bertz CT molecular complexity index is 297. The van der Waals surface area contributed by atoms with E-state index in [0.717, 1.165) is 0 Å². The third kappa shape index (κ3) is 15.1. The summed E-state index contributed by atoms with van der Waals surface area (Å²) in [6.07, 6.45) is 1.19. The van der Waals surface area contributed by atoms with E-state index in [-0.39, 0.29) is 24.4 Å². The van der Waals surface area contributed by atoms with Crippen molar-refractivity contribution in [1.29, 1.82) is 0 Å². The van der Waals surface area contributed by atoms with Gasteiger partial charge in [-0.1, -0.05) is 6.08 Å². The molecule has 0 aromatic heterocycles. The van der Waals surface area contributed by atoms with Crippen LogP contribution in [0, 0.1) is 0 Å². The molecule has 144 valence electrons. The Kier molecular flexibility index (Phi) is 14.5. The second-order valence-corrected chi connectivity index (χ2v) is 6.25. The van der Waals surface area contributed by atoms with E-state index in [4.69, 9.17) is 28.8 Å². The minimum atomic E-state index is -0.460. The Morgan fingerprint density at radius 1 is 0.708 bits per heavy atom. The molecule has 0 fully saturated rings. The normalized spacial score (nSPS) is 17.9. The first kappa shape index (κ1) is 23.5. The van der Waals surface area contributed by atoms with Gasteiger partial charge >= 0.3 is 0 Å². The molecule has 6 heteroatoms. The Morgan fingerprint density at radius 3 is 1.46 bits per heavy atom. The van der Waals surface area contributed by atoms with Gasteiger partial charge in [0.2, 0.25) is 0 Å². The molecule has 0 radical (unpaired) electrons. The van der Waals surface area contributed by atoms with Crippen LogP contribution in [0.25, 0.3) is 0 Å². The maximum atomic E-state index is 9.16. The van der Waals surface area contributed by atoms with Crippen molar-refractivity contribution in [3.05, 3.63) is 12.7 Å². The van der Waals surface area contributed by atoms with Gasteiger partial charge in [-0.3, -0.25) is 0 Å². The minimum Gasteiger partial charge on any atom is -0.391 e. The highest BCUT2D eigenvalue weighted by molar-refractivity contribution is 4.64. The zero-order valence-electron chi connectivity index (χ0n) is 15.9. The van der Waals surface area contributed by atoms with Crippen LogP contribution in [0.1, 0.15) is 34.6 Å². The lowest BCUT2D eigenvalue weighted by molar-refractivity contribution is -0.0954. The zero-order valence-corrected chi connectivity index (χ0v) is 15.9. The van der Waals surface area contributed by atoms with E-state index in [1.807, 2.05) is 27.7 Å². The fourth-order valence-corrected chi connectivity index (χ4v) is 1.71. The molecule has 0 heterocycles. The molecule has 6 nitrogen and oxygen atoms in total. The van der Waals surface area contributed by atoms with Crippen molar-refractivity contribution in [2.45, 2.75) is 65.1 Å². The van der Waals surface area contributed by atoms with Crippen LogP contribution >= 0.6 is 0 Å². The van der Waals surface area contributed by atoms with Crippen LogP contribution in [-0.4, -0.2) is 75.3 Å². The number of aliphatic hydroxyl groups excluding tert-OH is 1. The first-order chi connectivity index (χ1) is 11.3. The highest BCUT2D eigenvalue weighted by Gasteiger charge is 2.12. The lowest BCUT2D eigenvalue weighted by atomic mass is 10.3. The maximum absolute atomic E-state index is 9.16. The molecule has 0 aliphatic rings. The lowest BCUT2D eigenvalue weighted by Gasteiger charge is -2.21. The molecule has 5 unspecified atom stereocenters. The predicted octanol–water partition coefficient (Wildman–Crippen LogP) is 2.19. The van der Waals surface area contributed by atoms with Gasteiger partial charge in [-0.25, -0.2) is 0 Å². The maximum Gasteiger partial charge on any atom is 0.0781 e. The monoisotopic (exact) mass is 348 g/mol. The van der Waals surface area contributed by atoms with Crippen LogP contribution in [0.15, 0.2) is 12.7 Å². The third-order valence-electron chi connectivity index (χ3n) is 3.06. The fraction of sp³-hybridized carbons (Fsp3) is 0.889. The van der Waals surface area contributed by atoms with Crippen LogP contribution in [0.5, 0.6) is 0 Å². The summed E-state index contributed by atoms with van der Waals surface area (Å²) < 4.78 is 27.8. The highest BCUT2D eigenvalue weighted by Crippen LogP contribution is 2.02. The van der Waals surface area contributed by atoms with Gasteiger partial charge in [0.05, 0.1) is 70.2 Å². The second-order valence-electron chi connectivity index (χ2n) is 6.25. The molecule has 0 aromatic rings. The zero-order chi connectivity index (χ0) is 18.4. The van der Waals surface area contributed by atoms with Crippen molar-refractivity contribution in [1.82, 2.24) is 0 Å². The van der Waals surface area contributed by atoms with Gasteiger partial charge in [0, 0.05) is 0 Å².